The van der Waals surface area contributed by atoms with Crippen LogP contribution >= 0.6 is 15.9 Å². The summed E-state index contributed by atoms with van der Waals surface area (Å²) in [6.45, 7) is 7.90. The van der Waals surface area contributed by atoms with Gasteiger partial charge in [0.2, 0.25) is 0 Å². The zero-order valence-electron chi connectivity index (χ0n) is 10.8. The van der Waals surface area contributed by atoms with Gasteiger partial charge in [-0.05, 0) is 33.8 Å². The van der Waals surface area contributed by atoms with Gasteiger partial charge in [0.25, 0.3) is 0 Å². The van der Waals surface area contributed by atoms with E-state index in [9.17, 15) is 0 Å². The van der Waals surface area contributed by atoms with Crippen molar-refractivity contribution in [3.05, 3.63) is 22.4 Å². The molecule has 1 fully saturated rings. The van der Waals surface area contributed by atoms with Gasteiger partial charge in [-0.25, -0.2) is 4.98 Å². The molecule has 0 atom stereocenters. The summed E-state index contributed by atoms with van der Waals surface area (Å²) in [6, 6.07) is 3.85. The average molecular weight is 309 g/mol. The lowest BCUT2D eigenvalue weighted by atomic mass is 9.78. The topological polar surface area (TPSA) is 55.1 Å². The van der Waals surface area contributed by atoms with Crippen molar-refractivity contribution in [1.29, 1.82) is 5.26 Å². The fourth-order valence-electron chi connectivity index (χ4n) is 1.72. The summed E-state index contributed by atoms with van der Waals surface area (Å²) in [5.41, 5.74) is 0.112. The second-order valence-electron chi connectivity index (χ2n) is 5.26. The normalized spacial score (nSPS) is 20.8. The Labute approximate surface area is 116 Å². The number of halogens is 1. The summed E-state index contributed by atoms with van der Waals surface area (Å²) < 4.78 is 12.6. The number of aromatic nitrogens is 1. The summed E-state index contributed by atoms with van der Waals surface area (Å²) in [4.78, 5) is 4.05. The zero-order valence-corrected chi connectivity index (χ0v) is 12.4. The minimum Gasteiger partial charge on any atom is -0.399 e. The summed E-state index contributed by atoms with van der Waals surface area (Å²) in [5, 5.41) is 9.12. The molecular formula is C12H14BBrN2O2. The van der Waals surface area contributed by atoms with Crippen molar-refractivity contribution in [1.82, 2.24) is 4.98 Å². The van der Waals surface area contributed by atoms with Crippen LogP contribution in [0, 0.1) is 11.3 Å². The van der Waals surface area contributed by atoms with E-state index in [1.54, 1.807) is 12.3 Å². The Hall–Kier alpha value is -0.895. The molecule has 6 heteroatoms. The molecule has 0 spiro atoms. The first kappa shape index (κ1) is 13.5. The molecule has 18 heavy (non-hydrogen) atoms. The summed E-state index contributed by atoms with van der Waals surface area (Å²) in [5.74, 6) is 0. The predicted molar refractivity (Wildman–Crippen MR) is 72.4 cm³/mol. The van der Waals surface area contributed by atoms with Crippen LogP contribution in [-0.2, 0) is 9.31 Å². The van der Waals surface area contributed by atoms with Crippen molar-refractivity contribution in [2.45, 2.75) is 38.9 Å². The Morgan fingerprint density at radius 1 is 1.28 bits per heavy atom. The van der Waals surface area contributed by atoms with Crippen molar-refractivity contribution in [2.75, 3.05) is 0 Å². The molecule has 1 saturated heterocycles. The van der Waals surface area contributed by atoms with Crippen molar-refractivity contribution in [3.8, 4) is 6.07 Å². The molecule has 1 aliphatic rings. The van der Waals surface area contributed by atoms with Gasteiger partial charge >= 0.3 is 7.12 Å². The predicted octanol–water partition coefficient (Wildman–Crippen LogP) is 2.01. The van der Waals surface area contributed by atoms with E-state index in [4.69, 9.17) is 14.6 Å². The monoisotopic (exact) mass is 308 g/mol. The van der Waals surface area contributed by atoms with Crippen molar-refractivity contribution >= 4 is 28.5 Å². The van der Waals surface area contributed by atoms with Gasteiger partial charge in [0, 0.05) is 16.1 Å². The quantitative estimate of drug-likeness (QED) is 0.745. The SMILES string of the molecule is CC1(C)OB(c2c(Br)ccnc2C#N)OC1(C)C. The van der Waals surface area contributed by atoms with Crippen LogP contribution in [0.25, 0.3) is 0 Å². The Morgan fingerprint density at radius 3 is 2.33 bits per heavy atom. The molecule has 0 saturated carbocycles. The third kappa shape index (κ3) is 2.07. The highest BCUT2D eigenvalue weighted by Gasteiger charge is 2.53. The van der Waals surface area contributed by atoms with Gasteiger partial charge in [-0.3, -0.25) is 0 Å². The van der Waals surface area contributed by atoms with Crippen LogP contribution in [0.4, 0.5) is 0 Å². The van der Waals surface area contributed by atoms with Gasteiger partial charge in [-0.2, -0.15) is 5.26 Å². The highest BCUT2D eigenvalue weighted by Crippen LogP contribution is 2.37. The van der Waals surface area contributed by atoms with Gasteiger partial charge in [-0.15, -0.1) is 0 Å². The lowest BCUT2D eigenvalue weighted by Gasteiger charge is -2.32. The molecule has 0 N–H and O–H groups in total. The van der Waals surface area contributed by atoms with E-state index in [1.165, 1.54) is 0 Å². The summed E-state index contributed by atoms with van der Waals surface area (Å²) >= 11 is 3.42. The molecule has 0 amide bonds. The van der Waals surface area contributed by atoms with Crippen molar-refractivity contribution in [2.24, 2.45) is 0 Å². The van der Waals surface area contributed by atoms with Gasteiger partial charge in [0.15, 0.2) is 0 Å². The highest BCUT2D eigenvalue weighted by atomic mass is 79.9. The number of pyridine rings is 1. The van der Waals surface area contributed by atoms with E-state index in [0.717, 1.165) is 4.47 Å². The third-order valence-corrected chi connectivity index (χ3v) is 4.22. The number of nitrogens with zero attached hydrogens (tertiary/aromatic N) is 2. The van der Waals surface area contributed by atoms with Crippen LogP contribution in [0.5, 0.6) is 0 Å². The van der Waals surface area contributed by atoms with Crippen LogP contribution in [0.2, 0.25) is 0 Å². The first-order chi connectivity index (χ1) is 8.28. The average Bonchev–Trinajstić information content (AvgIpc) is 2.47. The molecule has 4 nitrogen and oxygen atoms in total. The summed E-state index contributed by atoms with van der Waals surface area (Å²) in [7, 11) is -0.576. The molecule has 94 valence electrons. The zero-order chi connectivity index (χ0) is 13.6. The van der Waals surface area contributed by atoms with Gasteiger partial charge in [0.1, 0.15) is 11.8 Å². The van der Waals surface area contributed by atoms with Crippen molar-refractivity contribution < 1.29 is 9.31 Å². The van der Waals surface area contributed by atoms with Crippen LogP contribution in [0.3, 0.4) is 0 Å². The Morgan fingerprint density at radius 2 is 1.83 bits per heavy atom. The number of hydrogen-bond acceptors (Lipinski definition) is 4. The minimum atomic E-state index is -0.576. The lowest BCUT2D eigenvalue weighted by Crippen LogP contribution is -2.41. The van der Waals surface area contributed by atoms with Crippen molar-refractivity contribution in [3.63, 3.8) is 0 Å². The number of nitriles is 1. The summed E-state index contributed by atoms with van der Waals surface area (Å²) in [6.07, 6.45) is 1.58. The molecule has 1 aliphatic heterocycles. The van der Waals surface area contributed by atoms with Gasteiger partial charge in [-0.1, -0.05) is 15.9 Å². The molecule has 2 rings (SSSR count). The Balaban J connectivity index is 2.45. The highest BCUT2D eigenvalue weighted by molar-refractivity contribution is 9.10. The van der Waals surface area contributed by atoms with E-state index in [-0.39, 0.29) is 0 Å². The molecule has 1 aromatic heterocycles. The molecule has 0 radical (unpaired) electrons. The van der Waals surface area contributed by atoms with E-state index >= 15 is 0 Å². The first-order valence-corrected chi connectivity index (χ1v) is 6.48. The smallest absolute Gasteiger partial charge is 0.399 e. The van der Waals surface area contributed by atoms with E-state index < -0.39 is 18.3 Å². The standard InChI is InChI=1S/C12H14BBrN2O2/c1-11(2)12(3,4)18-13(17-11)10-8(14)5-6-16-9(10)7-15/h5-6H,1-4H3. The molecule has 0 unspecified atom stereocenters. The minimum absolute atomic E-state index is 0.322. The Kier molecular flexibility index (Phi) is 3.26. The van der Waals surface area contributed by atoms with Gasteiger partial charge in [0.05, 0.1) is 11.2 Å². The second kappa shape index (κ2) is 4.34. The number of hydrogen-bond donors (Lipinski definition) is 0. The molecular weight excluding hydrogens is 295 g/mol. The van der Waals surface area contributed by atoms with Crippen LogP contribution in [0.1, 0.15) is 33.4 Å². The molecule has 0 aliphatic carbocycles. The molecule has 1 aromatic rings. The maximum Gasteiger partial charge on any atom is 0.499 e. The first-order valence-electron chi connectivity index (χ1n) is 5.68. The van der Waals surface area contributed by atoms with Gasteiger partial charge < -0.3 is 9.31 Å². The van der Waals surface area contributed by atoms with E-state index in [0.29, 0.717) is 11.2 Å². The molecule has 0 bridgehead atoms. The van der Waals surface area contributed by atoms with E-state index in [2.05, 4.69) is 27.0 Å². The van der Waals surface area contributed by atoms with Crippen LogP contribution in [-0.4, -0.2) is 23.3 Å². The Bertz CT molecular complexity index is 509. The second-order valence-corrected chi connectivity index (χ2v) is 6.11. The van der Waals surface area contributed by atoms with E-state index in [1.807, 2.05) is 27.7 Å². The lowest BCUT2D eigenvalue weighted by molar-refractivity contribution is 0.00578. The number of rotatable bonds is 1. The molecule has 0 aromatic carbocycles. The van der Waals surface area contributed by atoms with Crippen LogP contribution in [0.15, 0.2) is 16.7 Å². The fourth-order valence-corrected chi connectivity index (χ4v) is 2.22. The maximum absolute atomic E-state index is 9.12. The third-order valence-electron chi connectivity index (χ3n) is 3.53. The van der Waals surface area contributed by atoms with Crippen LogP contribution < -0.4 is 5.46 Å². The maximum atomic E-state index is 9.12. The fraction of sp³-hybridized carbons (Fsp3) is 0.500. The largest absolute Gasteiger partial charge is 0.499 e. The molecule has 2 heterocycles.